The van der Waals surface area contributed by atoms with Crippen LogP contribution in [0.15, 0.2) is 47.8 Å². The van der Waals surface area contributed by atoms with Gasteiger partial charge in [-0.1, -0.05) is 31.2 Å². The highest BCUT2D eigenvalue weighted by Crippen LogP contribution is 2.33. The first-order valence-electron chi connectivity index (χ1n) is 11.2. The van der Waals surface area contributed by atoms with Gasteiger partial charge >= 0.3 is 6.18 Å². The van der Waals surface area contributed by atoms with E-state index in [1.54, 1.807) is 11.4 Å². The normalized spacial score (nSPS) is 13.8. The zero-order valence-electron chi connectivity index (χ0n) is 19.4. The summed E-state index contributed by atoms with van der Waals surface area (Å²) in [6.07, 6.45) is -3.60. The summed E-state index contributed by atoms with van der Waals surface area (Å²) in [5.41, 5.74) is 1.11. The second-order valence-corrected chi connectivity index (χ2v) is 9.38. The van der Waals surface area contributed by atoms with Gasteiger partial charge in [0.05, 0.1) is 12.1 Å². The molecule has 0 spiro atoms. The largest absolute Gasteiger partial charge is 0.454 e. The van der Waals surface area contributed by atoms with Gasteiger partial charge in [-0.2, -0.15) is 13.2 Å². The molecule has 1 amide bonds. The third-order valence-electron chi connectivity index (χ3n) is 5.64. The number of rotatable bonds is 9. The lowest BCUT2D eigenvalue weighted by Crippen LogP contribution is -2.32. The van der Waals surface area contributed by atoms with Gasteiger partial charge in [-0.3, -0.25) is 9.69 Å². The van der Waals surface area contributed by atoms with E-state index < -0.39 is 11.7 Å². The van der Waals surface area contributed by atoms with E-state index in [0.717, 1.165) is 18.1 Å². The lowest BCUT2D eigenvalue weighted by Gasteiger charge is -2.22. The van der Waals surface area contributed by atoms with Crippen LogP contribution in [-0.4, -0.2) is 28.6 Å². The van der Waals surface area contributed by atoms with Gasteiger partial charge in [0.15, 0.2) is 11.5 Å². The predicted octanol–water partition coefficient (Wildman–Crippen LogP) is 5.62. The Bertz CT molecular complexity index is 1180. The van der Waals surface area contributed by atoms with Crippen LogP contribution in [0.25, 0.3) is 0 Å². The molecule has 1 atom stereocenters. The zero-order chi connectivity index (χ0) is 25.0. The molecule has 1 N–H and O–H groups in total. The molecule has 0 radical (unpaired) electrons. The molecule has 35 heavy (non-hydrogen) atoms. The molecule has 2 heterocycles. The number of nitrogens with zero attached hydrogens (tertiary/aromatic N) is 2. The van der Waals surface area contributed by atoms with E-state index in [1.165, 1.54) is 23.5 Å². The third-order valence-corrected chi connectivity index (χ3v) is 6.47. The maximum atomic E-state index is 13.2. The predicted molar refractivity (Wildman–Crippen MR) is 126 cm³/mol. The van der Waals surface area contributed by atoms with E-state index in [-0.39, 0.29) is 25.3 Å². The van der Waals surface area contributed by atoms with Gasteiger partial charge in [-0.25, -0.2) is 4.98 Å². The summed E-state index contributed by atoms with van der Waals surface area (Å²) in [4.78, 5) is 18.9. The molecule has 0 aliphatic carbocycles. The van der Waals surface area contributed by atoms with Gasteiger partial charge < -0.3 is 14.8 Å². The number of amides is 1. The summed E-state index contributed by atoms with van der Waals surface area (Å²) in [7, 11) is 0. The molecule has 1 aliphatic heterocycles. The minimum absolute atomic E-state index is 0.0380. The number of hydrogen-bond donors (Lipinski definition) is 1. The molecule has 186 valence electrons. The minimum atomic E-state index is -4.41. The van der Waals surface area contributed by atoms with Crippen LogP contribution in [0, 0.1) is 0 Å². The number of benzene rings is 2. The van der Waals surface area contributed by atoms with Gasteiger partial charge in [0.1, 0.15) is 10.7 Å². The number of alkyl halides is 3. The quantitative estimate of drug-likeness (QED) is 0.409. The van der Waals surface area contributed by atoms with Crippen molar-refractivity contribution in [3.63, 3.8) is 0 Å². The van der Waals surface area contributed by atoms with Crippen molar-refractivity contribution in [1.82, 2.24) is 15.2 Å². The van der Waals surface area contributed by atoms with Crippen molar-refractivity contribution < 1.29 is 27.4 Å². The topological polar surface area (TPSA) is 63.7 Å². The monoisotopic (exact) mass is 505 g/mol. The first-order valence-corrected chi connectivity index (χ1v) is 12.1. The number of carbonyl (C=O) groups excluding carboxylic acids is 1. The second kappa shape index (κ2) is 10.7. The maximum Gasteiger partial charge on any atom is 0.416 e. The van der Waals surface area contributed by atoms with Crippen LogP contribution >= 0.6 is 11.3 Å². The highest BCUT2D eigenvalue weighted by atomic mass is 32.1. The summed E-state index contributed by atoms with van der Waals surface area (Å²) < 4.78 is 50.5. The number of aromatic nitrogens is 1. The number of nitrogens with one attached hydrogen (secondary N) is 1. The van der Waals surface area contributed by atoms with E-state index in [9.17, 15) is 18.0 Å². The molecule has 0 bridgehead atoms. The Morgan fingerprint density at radius 2 is 1.86 bits per heavy atom. The third kappa shape index (κ3) is 6.52. The van der Waals surface area contributed by atoms with Crippen LogP contribution in [0.2, 0.25) is 0 Å². The maximum absolute atomic E-state index is 13.2. The fraction of sp³-hybridized carbons (Fsp3) is 0.360. The van der Waals surface area contributed by atoms with Gasteiger partial charge in [-0.15, -0.1) is 11.3 Å². The molecule has 4 rings (SSSR count). The minimum Gasteiger partial charge on any atom is -0.454 e. The smallest absolute Gasteiger partial charge is 0.416 e. The standard InChI is InChI=1S/C25H26F3N3O3S/c1-3-16(2)29-24(32)20-14-35-23(30-20)13-31(11-17-5-4-6-19(9-17)25(26,27)28)12-18-7-8-21-22(10-18)34-15-33-21/h4-10,14,16H,3,11-13,15H2,1-2H3,(H,29,32). The SMILES string of the molecule is CCC(C)NC(=O)c1csc(CN(Cc2cccc(C(F)(F)F)c2)Cc2ccc3c(c2)OCO3)n1. The number of thiazole rings is 1. The van der Waals surface area contributed by atoms with Gasteiger partial charge in [-0.05, 0) is 42.7 Å². The molecule has 0 saturated heterocycles. The fourth-order valence-electron chi connectivity index (χ4n) is 3.65. The number of fused-ring (bicyclic) bond motifs is 1. The summed E-state index contributed by atoms with van der Waals surface area (Å²) >= 11 is 1.35. The Kier molecular flexibility index (Phi) is 7.61. The van der Waals surface area contributed by atoms with E-state index >= 15 is 0 Å². The van der Waals surface area contributed by atoms with E-state index in [2.05, 4.69) is 10.3 Å². The summed E-state index contributed by atoms with van der Waals surface area (Å²) in [5, 5.41) is 5.30. The highest BCUT2D eigenvalue weighted by molar-refractivity contribution is 7.09. The molecule has 1 aliphatic rings. The van der Waals surface area contributed by atoms with E-state index in [1.807, 2.05) is 36.9 Å². The first kappa shape index (κ1) is 25.0. The average Bonchev–Trinajstić information content (AvgIpc) is 3.48. The van der Waals surface area contributed by atoms with Crippen molar-refractivity contribution in [1.29, 1.82) is 0 Å². The molecule has 1 unspecified atom stereocenters. The van der Waals surface area contributed by atoms with Gasteiger partial charge in [0.2, 0.25) is 6.79 Å². The molecule has 0 fully saturated rings. The van der Waals surface area contributed by atoms with Gasteiger partial charge in [0, 0.05) is 24.5 Å². The highest BCUT2D eigenvalue weighted by Gasteiger charge is 2.30. The summed E-state index contributed by atoms with van der Waals surface area (Å²) in [6.45, 7) is 5.15. The van der Waals surface area contributed by atoms with E-state index in [0.29, 0.717) is 40.9 Å². The van der Waals surface area contributed by atoms with Crippen molar-refractivity contribution in [2.75, 3.05) is 6.79 Å². The van der Waals surface area contributed by atoms with Crippen molar-refractivity contribution >= 4 is 17.2 Å². The Balaban J connectivity index is 1.54. The fourth-order valence-corrected chi connectivity index (χ4v) is 4.46. The Morgan fingerprint density at radius 3 is 2.60 bits per heavy atom. The Hall–Kier alpha value is -3.11. The molecule has 3 aromatic rings. The zero-order valence-corrected chi connectivity index (χ0v) is 20.2. The van der Waals surface area contributed by atoms with Crippen LogP contribution in [0.1, 0.15) is 52.5 Å². The van der Waals surface area contributed by atoms with Crippen LogP contribution in [0.4, 0.5) is 13.2 Å². The van der Waals surface area contributed by atoms with Crippen LogP contribution in [0.3, 0.4) is 0 Å². The summed E-state index contributed by atoms with van der Waals surface area (Å²) in [5.74, 6) is 1.07. The molecular weight excluding hydrogens is 479 g/mol. The molecule has 2 aromatic carbocycles. The molecule has 1 aromatic heterocycles. The molecule has 6 nitrogen and oxygen atoms in total. The number of halogens is 3. The van der Waals surface area contributed by atoms with Crippen molar-refractivity contribution in [3.05, 3.63) is 75.2 Å². The molecular formula is C25H26F3N3O3S. The lowest BCUT2D eigenvalue weighted by molar-refractivity contribution is -0.137. The van der Waals surface area contributed by atoms with Crippen molar-refractivity contribution in [2.24, 2.45) is 0 Å². The number of carbonyl (C=O) groups is 1. The number of ether oxygens (including phenoxy) is 2. The van der Waals surface area contributed by atoms with Crippen molar-refractivity contribution in [3.8, 4) is 11.5 Å². The first-order chi connectivity index (χ1) is 16.7. The Labute approximate surface area is 205 Å². The van der Waals surface area contributed by atoms with E-state index in [4.69, 9.17) is 9.47 Å². The molecule has 0 saturated carbocycles. The summed E-state index contributed by atoms with van der Waals surface area (Å²) in [6, 6.07) is 11.0. The average molecular weight is 506 g/mol. The lowest BCUT2D eigenvalue weighted by atomic mass is 10.1. The van der Waals surface area contributed by atoms with Gasteiger partial charge in [0.25, 0.3) is 5.91 Å². The number of hydrogen-bond acceptors (Lipinski definition) is 6. The molecule has 10 heteroatoms. The van der Waals surface area contributed by atoms with Crippen LogP contribution in [0.5, 0.6) is 11.5 Å². The van der Waals surface area contributed by atoms with Crippen molar-refractivity contribution in [2.45, 2.75) is 52.1 Å². The second-order valence-electron chi connectivity index (χ2n) is 8.44. The Morgan fingerprint density at radius 1 is 1.11 bits per heavy atom. The van der Waals surface area contributed by atoms with Crippen LogP contribution in [-0.2, 0) is 25.8 Å². The van der Waals surface area contributed by atoms with Crippen LogP contribution < -0.4 is 14.8 Å².